The summed E-state index contributed by atoms with van der Waals surface area (Å²) in [6.07, 6.45) is 4.51. The second kappa shape index (κ2) is 5.61. The second-order valence-electron chi connectivity index (χ2n) is 5.25. The van der Waals surface area contributed by atoms with Crippen molar-refractivity contribution in [3.8, 4) is 0 Å². The van der Waals surface area contributed by atoms with Gasteiger partial charge in [-0.25, -0.2) is 0 Å². The van der Waals surface area contributed by atoms with Gasteiger partial charge in [0.05, 0.1) is 6.10 Å². The molecule has 1 aromatic rings. The SMILES string of the molecule is O=C(O)C1c2ccsc2CCN1CCC1CCCO1. The Labute approximate surface area is 117 Å². The third kappa shape index (κ3) is 2.68. The first-order valence-corrected chi connectivity index (χ1v) is 7.78. The molecule has 3 rings (SSSR count). The summed E-state index contributed by atoms with van der Waals surface area (Å²) in [5.74, 6) is -0.730. The van der Waals surface area contributed by atoms with Crippen LogP contribution in [0.1, 0.15) is 35.7 Å². The van der Waals surface area contributed by atoms with Crippen LogP contribution in [0.25, 0.3) is 0 Å². The summed E-state index contributed by atoms with van der Waals surface area (Å²) >= 11 is 1.68. The molecule has 2 atom stereocenters. The Hall–Kier alpha value is -0.910. The lowest BCUT2D eigenvalue weighted by Gasteiger charge is -2.33. The molecule has 1 N–H and O–H groups in total. The van der Waals surface area contributed by atoms with Crippen LogP contribution >= 0.6 is 11.3 Å². The molecule has 0 aliphatic carbocycles. The Kier molecular flexibility index (Phi) is 3.86. The topological polar surface area (TPSA) is 49.8 Å². The number of fused-ring (bicyclic) bond motifs is 1. The van der Waals surface area contributed by atoms with Gasteiger partial charge in [0.1, 0.15) is 6.04 Å². The van der Waals surface area contributed by atoms with Gasteiger partial charge in [0.2, 0.25) is 0 Å². The summed E-state index contributed by atoms with van der Waals surface area (Å²) in [6, 6.07) is 1.51. The molecule has 0 amide bonds. The minimum atomic E-state index is -0.730. The van der Waals surface area contributed by atoms with E-state index in [2.05, 4.69) is 4.90 Å². The molecule has 1 aromatic heterocycles. The third-order valence-corrected chi connectivity index (χ3v) is 5.06. The fraction of sp³-hybridized carbons (Fsp3) is 0.643. The molecule has 104 valence electrons. The number of carboxylic acids is 1. The van der Waals surface area contributed by atoms with Gasteiger partial charge in [0, 0.05) is 24.6 Å². The highest BCUT2D eigenvalue weighted by molar-refractivity contribution is 7.10. The van der Waals surface area contributed by atoms with Crippen molar-refractivity contribution in [3.05, 3.63) is 21.9 Å². The van der Waals surface area contributed by atoms with Gasteiger partial charge in [-0.3, -0.25) is 9.69 Å². The number of rotatable bonds is 4. The maximum Gasteiger partial charge on any atom is 0.325 e. The third-order valence-electron chi connectivity index (χ3n) is 4.06. The quantitative estimate of drug-likeness (QED) is 0.920. The fourth-order valence-electron chi connectivity index (χ4n) is 3.08. The molecule has 4 nitrogen and oxygen atoms in total. The van der Waals surface area contributed by atoms with Crippen LogP contribution in [-0.2, 0) is 16.0 Å². The zero-order valence-electron chi connectivity index (χ0n) is 10.9. The number of carbonyl (C=O) groups is 1. The lowest BCUT2D eigenvalue weighted by molar-refractivity contribution is -0.144. The Morgan fingerprint density at radius 1 is 1.58 bits per heavy atom. The number of aliphatic carboxylic acids is 1. The average molecular weight is 281 g/mol. The summed E-state index contributed by atoms with van der Waals surface area (Å²) in [6.45, 7) is 2.52. The Bertz CT molecular complexity index is 453. The zero-order chi connectivity index (χ0) is 13.2. The Balaban J connectivity index is 1.68. The molecule has 3 heterocycles. The Morgan fingerprint density at radius 2 is 2.47 bits per heavy atom. The zero-order valence-corrected chi connectivity index (χ0v) is 11.7. The summed E-state index contributed by atoms with van der Waals surface area (Å²) in [7, 11) is 0. The van der Waals surface area contributed by atoms with Gasteiger partial charge in [0.15, 0.2) is 0 Å². The van der Waals surface area contributed by atoms with E-state index in [0.717, 1.165) is 50.9 Å². The van der Waals surface area contributed by atoms with Gasteiger partial charge in [0.25, 0.3) is 0 Å². The summed E-state index contributed by atoms with van der Waals surface area (Å²) in [5.41, 5.74) is 0.996. The van der Waals surface area contributed by atoms with Crippen molar-refractivity contribution in [1.29, 1.82) is 0 Å². The van der Waals surface area contributed by atoms with Gasteiger partial charge < -0.3 is 9.84 Å². The minimum absolute atomic E-state index is 0.332. The number of thiophene rings is 1. The number of carboxylic acid groups (broad SMARTS) is 1. The van der Waals surface area contributed by atoms with Crippen molar-refractivity contribution in [2.75, 3.05) is 19.7 Å². The molecule has 0 bridgehead atoms. The second-order valence-corrected chi connectivity index (χ2v) is 6.25. The van der Waals surface area contributed by atoms with Crippen LogP contribution in [0.5, 0.6) is 0 Å². The highest BCUT2D eigenvalue weighted by atomic mass is 32.1. The van der Waals surface area contributed by atoms with Gasteiger partial charge in [-0.05, 0) is 42.7 Å². The van der Waals surface area contributed by atoms with Crippen molar-refractivity contribution in [2.24, 2.45) is 0 Å². The molecule has 0 radical (unpaired) electrons. The number of hydrogen-bond donors (Lipinski definition) is 1. The summed E-state index contributed by atoms with van der Waals surface area (Å²) in [5, 5.41) is 11.5. The molecule has 2 aliphatic rings. The first kappa shape index (κ1) is 13.1. The van der Waals surface area contributed by atoms with Gasteiger partial charge >= 0.3 is 5.97 Å². The molecule has 0 spiro atoms. The maximum atomic E-state index is 11.6. The standard InChI is InChI=1S/C14H19NO3S/c16-14(17)13-11-5-9-19-12(11)4-7-15(13)6-3-10-2-1-8-18-10/h5,9-10,13H,1-4,6-8H2,(H,16,17). The maximum absolute atomic E-state index is 11.6. The average Bonchev–Trinajstić information content (AvgIpc) is 3.06. The van der Waals surface area contributed by atoms with Gasteiger partial charge in [-0.15, -0.1) is 11.3 Å². The van der Waals surface area contributed by atoms with Gasteiger partial charge in [-0.2, -0.15) is 0 Å². The van der Waals surface area contributed by atoms with Crippen molar-refractivity contribution >= 4 is 17.3 Å². The molecular formula is C14H19NO3S. The van der Waals surface area contributed by atoms with E-state index in [9.17, 15) is 9.90 Å². The highest BCUT2D eigenvalue weighted by Gasteiger charge is 2.33. The van der Waals surface area contributed by atoms with Crippen molar-refractivity contribution in [3.63, 3.8) is 0 Å². The van der Waals surface area contributed by atoms with Gasteiger partial charge in [-0.1, -0.05) is 0 Å². The normalized spacial score (nSPS) is 27.4. The van der Waals surface area contributed by atoms with Crippen molar-refractivity contribution < 1.29 is 14.6 Å². The van der Waals surface area contributed by atoms with Crippen LogP contribution in [0.15, 0.2) is 11.4 Å². The summed E-state index contributed by atoms with van der Waals surface area (Å²) in [4.78, 5) is 14.9. The van der Waals surface area contributed by atoms with E-state index < -0.39 is 12.0 Å². The predicted octanol–water partition coefficient (Wildman–Crippen LogP) is 2.30. The molecule has 2 unspecified atom stereocenters. The van der Waals surface area contributed by atoms with E-state index in [1.54, 1.807) is 11.3 Å². The van der Waals surface area contributed by atoms with Crippen LogP contribution in [0.3, 0.4) is 0 Å². The largest absolute Gasteiger partial charge is 0.480 e. The molecule has 0 aromatic carbocycles. The molecule has 1 fully saturated rings. The van der Waals surface area contributed by atoms with E-state index in [1.807, 2.05) is 11.4 Å². The molecule has 2 aliphatic heterocycles. The van der Waals surface area contributed by atoms with Crippen LogP contribution in [0.2, 0.25) is 0 Å². The predicted molar refractivity (Wildman–Crippen MR) is 73.6 cm³/mol. The minimum Gasteiger partial charge on any atom is -0.480 e. The van der Waals surface area contributed by atoms with Crippen LogP contribution in [-0.4, -0.2) is 41.8 Å². The van der Waals surface area contributed by atoms with Crippen molar-refractivity contribution in [2.45, 2.75) is 37.8 Å². The number of ether oxygens (including phenoxy) is 1. The van der Waals surface area contributed by atoms with Crippen molar-refractivity contribution in [1.82, 2.24) is 4.90 Å². The van der Waals surface area contributed by atoms with Crippen LogP contribution < -0.4 is 0 Å². The molecular weight excluding hydrogens is 262 g/mol. The van der Waals surface area contributed by atoms with Crippen LogP contribution in [0.4, 0.5) is 0 Å². The summed E-state index contributed by atoms with van der Waals surface area (Å²) < 4.78 is 5.62. The molecule has 19 heavy (non-hydrogen) atoms. The number of nitrogens with zero attached hydrogens (tertiary/aromatic N) is 1. The van der Waals surface area contributed by atoms with E-state index >= 15 is 0 Å². The first-order chi connectivity index (χ1) is 9.25. The van der Waals surface area contributed by atoms with E-state index in [1.165, 1.54) is 4.88 Å². The lowest BCUT2D eigenvalue weighted by atomic mass is 9.99. The monoisotopic (exact) mass is 281 g/mol. The molecule has 1 saturated heterocycles. The first-order valence-electron chi connectivity index (χ1n) is 6.90. The highest BCUT2D eigenvalue weighted by Crippen LogP contribution is 2.33. The van der Waals surface area contributed by atoms with E-state index in [-0.39, 0.29) is 0 Å². The Morgan fingerprint density at radius 3 is 3.21 bits per heavy atom. The fourth-order valence-corrected chi connectivity index (χ4v) is 3.98. The number of hydrogen-bond acceptors (Lipinski definition) is 4. The van der Waals surface area contributed by atoms with E-state index in [4.69, 9.17) is 4.74 Å². The van der Waals surface area contributed by atoms with Crippen LogP contribution in [0, 0.1) is 0 Å². The van der Waals surface area contributed by atoms with E-state index in [0.29, 0.717) is 6.10 Å². The molecule has 0 saturated carbocycles. The molecule has 5 heteroatoms. The smallest absolute Gasteiger partial charge is 0.325 e. The lowest BCUT2D eigenvalue weighted by Crippen LogP contribution is -2.40.